The molecule has 216 valence electrons. The molecule has 1 saturated heterocycles. The van der Waals surface area contributed by atoms with Gasteiger partial charge in [-0.2, -0.15) is 18.3 Å². The molecule has 5 rings (SSSR count). The van der Waals surface area contributed by atoms with Gasteiger partial charge in [-0.05, 0) is 24.3 Å². The van der Waals surface area contributed by atoms with E-state index in [1.807, 2.05) is 0 Å². The van der Waals surface area contributed by atoms with Crippen molar-refractivity contribution in [2.75, 3.05) is 39.4 Å². The number of carbonyl (C=O) groups excluding carboxylic acids is 1. The smallest absolute Gasteiger partial charge is 0.422 e. The van der Waals surface area contributed by atoms with Crippen LogP contribution in [0.15, 0.2) is 48.8 Å². The Morgan fingerprint density at radius 3 is 2.49 bits per heavy atom. The van der Waals surface area contributed by atoms with Gasteiger partial charge in [-0.25, -0.2) is 4.39 Å². The van der Waals surface area contributed by atoms with Crippen LogP contribution in [0.2, 0.25) is 0 Å². The van der Waals surface area contributed by atoms with Gasteiger partial charge >= 0.3 is 6.18 Å². The summed E-state index contributed by atoms with van der Waals surface area (Å²) in [5.41, 5.74) is -0.101. The number of fused-ring (bicyclic) bond motifs is 1. The number of nitrogens with one attached hydrogen (secondary N) is 1. The third-order valence-electron chi connectivity index (χ3n) is 6.11. The van der Waals surface area contributed by atoms with Crippen LogP contribution in [0.25, 0.3) is 10.9 Å². The van der Waals surface area contributed by atoms with Crippen LogP contribution in [0.1, 0.15) is 10.5 Å². The quantitative estimate of drug-likeness (QED) is 0.256. The number of rotatable bonds is 10. The van der Waals surface area contributed by atoms with E-state index in [4.69, 9.17) is 23.7 Å². The maximum Gasteiger partial charge on any atom is 0.422 e. The van der Waals surface area contributed by atoms with Crippen molar-refractivity contribution in [3.8, 4) is 28.7 Å². The molecule has 1 amide bonds. The van der Waals surface area contributed by atoms with Crippen LogP contribution in [0.5, 0.6) is 28.7 Å². The number of carbonyl (C=O) groups is 1. The third-order valence-corrected chi connectivity index (χ3v) is 6.11. The zero-order chi connectivity index (χ0) is 29.1. The maximum absolute atomic E-state index is 15.0. The van der Waals surface area contributed by atoms with E-state index in [0.29, 0.717) is 47.9 Å². The first-order valence-corrected chi connectivity index (χ1v) is 12.3. The lowest BCUT2D eigenvalue weighted by Crippen LogP contribution is -2.31. The standard InChI is InChI=1S/C27H24F4N4O6/c1-37-22-8-17-20(9-23(22)38-2)32-6-5-21(17)41-16-3-4-19(18(28)7-16)33-26(36)25-24(40-14-27(29,30)31)11-35(34-25)10-15-12-39-13-15/h3-9,11,15H,10,12-14H2,1-2H3,(H,33,36). The van der Waals surface area contributed by atoms with Gasteiger partial charge in [0.1, 0.15) is 17.3 Å². The number of benzene rings is 2. The molecule has 1 fully saturated rings. The van der Waals surface area contributed by atoms with Crippen molar-refractivity contribution in [3.05, 3.63) is 60.3 Å². The normalized spacial score (nSPS) is 13.5. The Morgan fingerprint density at radius 1 is 1.07 bits per heavy atom. The minimum absolute atomic E-state index is 0.104. The number of hydrogen-bond donors (Lipinski definition) is 1. The van der Waals surface area contributed by atoms with Gasteiger partial charge in [0.25, 0.3) is 5.91 Å². The maximum atomic E-state index is 15.0. The fourth-order valence-corrected chi connectivity index (χ4v) is 4.08. The summed E-state index contributed by atoms with van der Waals surface area (Å²) in [5, 5.41) is 6.99. The molecule has 0 radical (unpaired) electrons. The summed E-state index contributed by atoms with van der Waals surface area (Å²) in [5.74, 6) is -0.667. The molecule has 1 aliphatic heterocycles. The van der Waals surface area contributed by atoms with Crippen LogP contribution in [-0.2, 0) is 11.3 Å². The van der Waals surface area contributed by atoms with E-state index in [2.05, 4.69) is 15.4 Å². The summed E-state index contributed by atoms with van der Waals surface area (Å²) in [6.07, 6.45) is -1.91. The summed E-state index contributed by atoms with van der Waals surface area (Å²) >= 11 is 0. The molecule has 3 heterocycles. The highest BCUT2D eigenvalue weighted by atomic mass is 19.4. The van der Waals surface area contributed by atoms with Crippen molar-refractivity contribution in [1.29, 1.82) is 0 Å². The van der Waals surface area contributed by atoms with Crippen LogP contribution >= 0.6 is 0 Å². The molecule has 41 heavy (non-hydrogen) atoms. The van der Waals surface area contributed by atoms with Crippen LogP contribution in [-0.4, -0.2) is 60.9 Å². The lowest BCUT2D eigenvalue weighted by atomic mass is 10.1. The number of methoxy groups -OCH3 is 2. The summed E-state index contributed by atoms with van der Waals surface area (Å²) in [4.78, 5) is 17.2. The zero-order valence-electron chi connectivity index (χ0n) is 21.8. The SMILES string of the molecule is COc1cc2nccc(Oc3ccc(NC(=O)c4nn(CC5COC5)cc4OCC(F)(F)F)c(F)c3)c2cc1OC. The van der Waals surface area contributed by atoms with Crippen LogP contribution in [0, 0.1) is 11.7 Å². The van der Waals surface area contributed by atoms with E-state index in [0.717, 1.165) is 6.07 Å². The molecular weight excluding hydrogens is 552 g/mol. The first-order valence-electron chi connectivity index (χ1n) is 12.3. The second kappa shape index (κ2) is 11.5. The second-order valence-electron chi connectivity index (χ2n) is 9.10. The summed E-state index contributed by atoms with van der Waals surface area (Å²) in [6, 6.07) is 8.68. The number of pyridine rings is 1. The number of anilines is 1. The summed E-state index contributed by atoms with van der Waals surface area (Å²) in [6.45, 7) is -0.361. The fraction of sp³-hybridized carbons (Fsp3) is 0.296. The molecule has 1 N–H and O–H groups in total. The molecule has 4 aromatic rings. The zero-order valence-corrected chi connectivity index (χ0v) is 21.8. The highest BCUT2D eigenvalue weighted by Gasteiger charge is 2.31. The number of aromatic nitrogens is 3. The number of alkyl halides is 3. The molecular formula is C27H24F4N4O6. The molecule has 2 aromatic heterocycles. The number of ether oxygens (including phenoxy) is 5. The van der Waals surface area contributed by atoms with E-state index < -0.39 is 30.2 Å². The van der Waals surface area contributed by atoms with Crippen molar-refractivity contribution in [3.63, 3.8) is 0 Å². The average Bonchev–Trinajstić information content (AvgIpc) is 3.33. The number of hydrogen-bond acceptors (Lipinski definition) is 8. The Labute approximate surface area is 230 Å². The van der Waals surface area contributed by atoms with Crippen molar-refractivity contribution >= 4 is 22.5 Å². The van der Waals surface area contributed by atoms with Crippen molar-refractivity contribution in [2.45, 2.75) is 12.7 Å². The Hall–Kier alpha value is -4.59. The molecule has 10 nitrogen and oxygen atoms in total. The first kappa shape index (κ1) is 28.0. The summed E-state index contributed by atoms with van der Waals surface area (Å²) < 4.78 is 81.1. The molecule has 14 heteroatoms. The van der Waals surface area contributed by atoms with Gasteiger partial charge in [-0.3, -0.25) is 14.5 Å². The van der Waals surface area contributed by atoms with Gasteiger partial charge in [0, 0.05) is 36.2 Å². The van der Waals surface area contributed by atoms with E-state index in [-0.39, 0.29) is 23.1 Å². The van der Waals surface area contributed by atoms with E-state index in [1.165, 1.54) is 43.4 Å². The molecule has 2 aromatic carbocycles. The third kappa shape index (κ3) is 6.43. The Morgan fingerprint density at radius 2 is 1.83 bits per heavy atom. The highest BCUT2D eigenvalue weighted by Crippen LogP contribution is 2.37. The van der Waals surface area contributed by atoms with Crippen LogP contribution in [0.3, 0.4) is 0 Å². The van der Waals surface area contributed by atoms with Crippen molar-refractivity contribution < 1.29 is 46.0 Å². The van der Waals surface area contributed by atoms with Crippen LogP contribution in [0.4, 0.5) is 23.2 Å². The molecule has 0 spiro atoms. The monoisotopic (exact) mass is 576 g/mol. The van der Waals surface area contributed by atoms with Gasteiger partial charge in [0.05, 0.1) is 44.8 Å². The van der Waals surface area contributed by atoms with Gasteiger partial charge in [0.15, 0.2) is 29.5 Å². The largest absolute Gasteiger partial charge is 0.493 e. The number of halogens is 4. The van der Waals surface area contributed by atoms with Gasteiger partial charge in [-0.15, -0.1) is 0 Å². The lowest BCUT2D eigenvalue weighted by molar-refractivity contribution is -0.153. The molecule has 0 bridgehead atoms. The Bertz CT molecular complexity index is 1570. The predicted molar refractivity (Wildman–Crippen MR) is 137 cm³/mol. The van der Waals surface area contributed by atoms with Crippen molar-refractivity contribution in [1.82, 2.24) is 14.8 Å². The highest BCUT2D eigenvalue weighted by molar-refractivity contribution is 6.04. The minimum Gasteiger partial charge on any atom is -0.493 e. The van der Waals surface area contributed by atoms with Gasteiger partial charge in [0.2, 0.25) is 0 Å². The van der Waals surface area contributed by atoms with Crippen molar-refractivity contribution in [2.24, 2.45) is 5.92 Å². The Balaban J connectivity index is 1.34. The Kier molecular flexibility index (Phi) is 7.83. The predicted octanol–water partition coefficient (Wildman–Crippen LogP) is 5.22. The van der Waals surface area contributed by atoms with Crippen LogP contribution < -0.4 is 24.3 Å². The molecule has 0 aliphatic carbocycles. The lowest BCUT2D eigenvalue weighted by Gasteiger charge is -2.25. The number of amides is 1. The summed E-state index contributed by atoms with van der Waals surface area (Å²) in [7, 11) is 2.99. The average molecular weight is 577 g/mol. The van der Waals surface area contributed by atoms with Gasteiger partial charge in [-0.1, -0.05) is 0 Å². The van der Waals surface area contributed by atoms with E-state index >= 15 is 4.39 Å². The molecule has 0 atom stereocenters. The first-order chi connectivity index (χ1) is 19.6. The molecule has 0 saturated carbocycles. The van der Waals surface area contributed by atoms with E-state index in [9.17, 15) is 18.0 Å². The minimum atomic E-state index is -4.63. The molecule has 1 aliphatic rings. The van der Waals surface area contributed by atoms with E-state index in [1.54, 1.807) is 18.2 Å². The number of nitrogens with zero attached hydrogens (tertiary/aromatic N) is 3. The topological polar surface area (TPSA) is 106 Å². The fourth-order valence-electron chi connectivity index (χ4n) is 4.08. The molecule has 0 unspecified atom stereocenters. The second-order valence-corrected chi connectivity index (χ2v) is 9.10. The van der Waals surface area contributed by atoms with Gasteiger partial charge < -0.3 is 29.0 Å².